The van der Waals surface area contributed by atoms with Gasteiger partial charge in [-0.3, -0.25) is 19.5 Å². The molecule has 0 aliphatic heterocycles. The van der Waals surface area contributed by atoms with Crippen LogP contribution in [0.3, 0.4) is 0 Å². The lowest BCUT2D eigenvalue weighted by Crippen LogP contribution is -2.43. The average molecular weight is 507 g/mol. The largest absolute Gasteiger partial charge is 0.480 e. The summed E-state index contributed by atoms with van der Waals surface area (Å²) in [4.78, 5) is 44.3. The van der Waals surface area contributed by atoms with Crippen LogP contribution in [0.4, 0.5) is 0 Å². The molecule has 3 amide bonds. The number of carbonyl (C=O) groups is 3. The number of benzene rings is 1. The molecule has 1 aromatic carbocycles. The van der Waals surface area contributed by atoms with Gasteiger partial charge in [0.15, 0.2) is 5.69 Å². The van der Waals surface area contributed by atoms with E-state index in [1.807, 2.05) is 25.2 Å². The van der Waals surface area contributed by atoms with Crippen molar-refractivity contribution < 1.29 is 19.1 Å². The number of ether oxygens (including phenoxy) is 1. The second kappa shape index (κ2) is 11.4. The highest BCUT2D eigenvalue weighted by Gasteiger charge is 2.30. The predicted octanol–water partition coefficient (Wildman–Crippen LogP) is 3.15. The van der Waals surface area contributed by atoms with E-state index in [9.17, 15) is 14.4 Å². The van der Waals surface area contributed by atoms with Crippen molar-refractivity contribution in [1.29, 1.82) is 0 Å². The first kappa shape index (κ1) is 26.1. The normalized spacial score (nSPS) is 17.3. The van der Waals surface area contributed by atoms with Gasteiger partial charge in [-0.05, 0) is 49.4 Å². The van der Waals surface area contributed by atoms with E-state index in [1.165, 1.54) is 7.11 Å². The Hall–Kier alpha value is -3.95. The molecule has 1 fully saturated rings. The number of amides is 3. The average Bonchev–Trinajstić information content (AvgIpc) is 3.35. The van der Waals surface area contributed by atoms with E-state index in [-0.39, 0.29) is 35.6 Å². The van der Waals surface area contributed by atoms with Crippen LogP contribution in [0, 0.1) is 5.92 Å². The quantitative estimate of drug-likeness (QED) is 0.430. The van der Waals surface area contributed by atoms with Crippen molar-refractivity contribution >= 4 is 28.6 Å². The van der Waals surface area contributed by atoms with Crippen molar-refractivity contribution in [1.82, 2.24) is 30.7 Å². The molecule has 2 unspecified atom stereocenters. The molecule has 2 aromatic heterocycles. The number of aromatic amines is 1. The summed E-state index contributed by atoms with van der Waals surface area (Å²) in [5.74, 6) is -0.251. The van der Waals surface area contributed by atoms with Crippen LogP contribution in [0.5, 0.6) is 5.88 Å². The summed E-state index contributed by atoms with van der Waals surface area (Å²) in [6, 6.07) is 7.20. The topological polar surface area (TPSA) is 129 Å². The van der Waals surface area contributed by atoms with E-state index in [4.69, 9.17) is 4.74 Å². The van der Waals surface area contributed by atoms with Crippen LogP contribution in [-0.2, 0) is 4.79 Å². The van der Waals surface area contributed by atoms with Gasteiger partial charge < -0.3 is 20.3 Å². The number of hydrogen-bond donors (Lipinski definition) is 3. The van der Waals surface area contributed by atoms with Crippen molar-refractivity contribution in [2.45, 2.75) is 45.1 Å². The minimum atomic E-state index is -0.282. The Balaban J connectivity index is 1.54. The SMILES string of the molecule is CCCN(C)C(=O)C1CCCC(NC(=O)c2cc(-c3ccc4c(C(=O)NC)n[nH]c4c3)cnc2OC)C1. The van der Waals surface area contributed by atoms with Gasteiger partial charge in [-0.25, -0.2) is 4.98 Å². The highest BCUT2D eigenvalue weighted by Crippen LogP contribution is 2.29. The van der Waals surface area contributed by atoms with E-state index < -0.39 is 0 Å². The van der Waals surface area contributed by atoms with Gasteiger partial charge in [0.05, 0.1) is 12.6 Å². The number of methoxy groups -OCH3 is 1. The zero-order chi connectivity index (χ0) is 26.5. The summed E-state index contributed by atoms with van der Waals surface area (Å²) >= 11 is 0. The summed E-state index contributed by atoms with van der Waals surface area (Å²) in [5, 5.41) is 13.4. The molecule has 4 rings (SSSR count). The predicted molar refractivity (Wildman–Crippen MR) is 140 cm³/mol. The van der Waals surface area contributed by atoms with Gasteiger partial charge in [0.2, 0.25) is 11.8 Å². The molecule has 0 bridgehead atoms. The van der Waals surface area contributed by atoms with Gasteiger partial charge in [-0.2, -0.15) is 5.10 Å². The van der Waals surface area contributed by atoms with Gasteiger partial charge in [0.25, 0.3) is 11.8 Å². The third-order valence-electron chi connectivity index (χ3n) is 6.92. The third kappa shape index (κ3) is 5.58. The van der Waals surface area contributed by atoms with Crippen LogP contribution in [-0.4, -0.2) is 71.6 Å². The lowest BCUT2D eigenvalue weighted by Gasteiger charge is -2.31. The minimum Gasteiger partial charge on any atom is -0.480 e. The number of pyridine rings is 1. The molecule has 0 spiro atoms. The van der Waals surface area contributed by atoms with Gasteiger partial charge in [0.1, 0.15) is 5.56 Å². The van der Waals surface area contributed by atoms with Crippen molar-refractivity contribution in [2.24, 2.45) is 5.92 Å². The lowest BCUT2D eigenvalue weighted by atomic mass is 9.84. The van der Waals surface area contributed by atoms with Crippen molar-refractivity contribution in [2.75, 3.05) is 27.7 Å². The van der Waals surface area contributed by atoms with E-state index in [2.05, 4.69) is 32.7 Å². The fourth-order valence-corrected chi connectivity index (χ4v) is 4.99. The van der Waals surface area contributed by atoms with Gasteiger partial charge in [-0.1, -0.05) is 19.4 Å². The highest BCUT2D eigenvalue weighted by atomic mass is 16.5. The molecule has 3 aromatic rings. The molecule has 1 saturated carbocycles. The zero-order valence-corrected chi connectivity index (χ0v) is 21.8. The maximum Gasteiger partial charge on any atom is 0.272 e. The number of rotatable bonds is 8. The van der Waals surface area contributed by atoms with Crippen molar-refractivity contribution in [3.63, 3.8) is 0 Å². The number of aromatic nitrogens is 3. The first-order chi connectivity index (χ1) is 17.9. The molecule has 10 nitrogen and oxygen atoms in total. The van der Waals surface area contributed by atoms with Crippen LogP contribution >= 0.6 is 0 Å². The molecule has 2 atom stereocenters. The Bertz CT molecular complexity index is 1300. The number of fused-ring (bicyclic) bond motifs is 1. The van der Waals surface area contributed by atoms with E-state index >= 15 is 0 Å². The standard InChI is InChI=1S/C27H34N6O4/c1-5-11-33(3)27(36)17-7-6-8-19(12-17)30-24(34)21-13-18(15-29-26(21)37-4)16-9-10-20-22(14-16)31-32-23(20)25(35)28-2/h9-10,13-15,17,19H,5-8,11-12H2,1-4H3,(H,28,35)(H,30,34)(H,31,32). The Morgan fingerprint density at radius 3 is 2.70 bits per heavy atom. The highest BCUT2D eigenvalue weighted by molar-refractivity contribution is 6.05. The number of nitrogens with one attached hydrogen (secondary N) is 3. The first-order valence-electron chi connectivity index (χ1n) is 12.7. The van der Waals surface area contributed by atoms with Gasteiger partial charge in [-0.15, -0.1) is 0 Å². The van der Waals surface area contributed by atoms with Crippen molar-refractivity contribution in [3.05, 3.63) is 41.7 Å². The Morgan fingerprint density at radius 2 is 1.97 bits per heavy atom. The van der Waals surface area contributed by atoms with Gasteiger partial charge in [0, 0.05) is 49.7 Å². The summed E-state index contributed by atoms with van der Waals surface area (Å²) in [7, 11) is 4.88. The fraction of sp³-hybridized carbons (Fsp3) is 0.444. The van der Waals surface area contributed by atoms with Crippen molar-refractivity contribution in [3.8, 4) is 17.0 Å². The second-order valence-electron chi connectivity index (χ2n) is 9.49. The molecule has 3 N–H and O–H groups in total. The number of carbonyl (C=O) groups excluding carboxylic acids is 3. The maximum absolute atomic E-state index is 13.3. The fourth-order valence-electron chi connectivity index (χ4n) is 4.99. The molecular formula is C27H34N6O4. The van der Waals surface area contributed by atoms with Crippen LogP contribution in [0.15, 0.2) is 30.5 Å². The lowest BCUT2D eigenvalue weighted by molar-refractivity contribution is -0.135. The van der Waals surface area contributed by atoms with Crippen LogP contribution < -0.4 is 15.4 Å². The summed E-state index contributed by atoms with van der Waals surface area (Å²) < 4.78 is 5.38. The summed E-state index contributed by atoms with van der Waals surface area (Å²) in [6.45, 7) is 2.79. The smallest absolute Gasteiger partial charge is 0.272 e. The minimum absolute atomic E-state index is 0.0808. The maximum atomic E-state index is 13.3. The molecule has 10 heteroatoms. The zero-order valence-electron chi connectivity index (χ0n) is 21.8. The number of H-pyrrole nitrogens is 1. The van der Waals surface area contributed by atoms with E-state index in [0.717, 1.165) is 43.4 Å². The molecule has 0 saturated heterocycles. The first-order valence-corrected chi connectivity index (χ1v) is 12.7. The van der Waals surface area contributed by atoms with Crippen LogP contribution in [0.2, 0.25) is 0 Å². The number of nitrogens with zero attached hydrogens (tertiary/aromatic N) is 3. The molecule has 0 radical (unpaired) electrons. The molecule has 37 heavy (non-hydrogen) atoms. The summed E-state index contributed by atoms with van der Waals surface area (Å²) in [5.41, 5.74) is 2.88. The second-order valence-corrected chi connectivity index (χ2v) is 9.49. The Kier molecular flexibility index (Phi) is 8.05. The number of hydrogen-bond acceptors (Lipinski definition) is 6. The molecular weight excluding hydrogens is 472 g/mol. The molecule has 1 aliphatic carbocycles. The van der Waals surface area contributed by atoms with Crippen LogP contribution in [0.25, 0.3) is 22.0 Å². The molecule has 1 aliphatic rings. The van der Waals surface area contributed by atoms with E-state index in [0.29, 0.717) is 28.6 Å². The molecule has 196 valence electrons. The third-order valence-corrected chi connectivity index (χ3v) is 6.92. The Labute approximate surface area is 216 Å². The molecule has 2 heterocycles. The monoisotopic (exact) mass is 506 g/mol. The Morgan fingerprint density at radius 1 is 1.16 bits per heavy atom. The van der Waals surface area contributed by atoms with Gasteiger partial charge >= 0.3 is 0 Å². The van der Waals surface area contributed by atoms with E-state index in [1.54, 1.807) is 24.2 Å². The summed E-state index contributed by atoms with van der Waals surface area (Å²) in [6.07, 6.45) is 5.74. The van der Waals surface area contributed by atoms with Crippen LogP contribution in [0.1, 0.15) is 59.9 Å².